The van der Waals surface area contributed by atoms with Gasteiger partial charge in [-0.05, 0) is 33.2 Å². The van der Waals surface area contributed by atoms with Crippen molar-refractivity contribution in [3.63, 3.8) is 0 Å². The number of likely N-dealkylation sites (tertiary alicyclic amines) is 1. The van der Waals surface area contributed by atoms with Crippen LogP contribution in [-0.2, 0) is 11.3 Å². The molecule has 1 atom stereocenters. The normalized spacial score (nSPS) is 25.2. The number of amides is 2. The Bertz CT molecular complexity index is 577. The summed E-state index contributed by atoms with van der Waals surface area (Å²) in [6, 6.07) is 0.0699. The summed E-state index contributed by atoms with van der Waals surface area (Å²) < 4.78 is 11.5. The van der Waals surface area contributed by atoms with Crippen LogP contribution in [0.4, 0.5) is 4.79 Å². The molecule has 0 bridgehead atoms. The van der Waals surface area contributed by atoms with Gasteiger partial charge in [-0.3, -0.25) is 4.90 Å². The third-order valence-electron chi connectivity index (χ3n) is 5.08. The zero-order valence-electron chi connectivity index (χ0n) is 15.2. The van der Waals surface area contributed by atoms with Crippen LogP contribution in [0.1, 0.15) is 29.9 Å². The molecule has 2 fully saturated rings. The molecule has 1 spiro atoms. The van der Waals surface area contributed by atoms with Gasteiger partial charge in [0, 0.05) is 39.3 Å². The van der Waals surface area contributed by atoms with Crippen molar-refractivity contribution < 1.29 is 14.1 Å². The lowest BCUT2D eigenvalue weighted by Gasteiger charge is -2.48. The van der Waals surface area contributed by atoms with Crippen molar-refractivity contribution >= 4 is 6.03 Å². The van der Waals surface area contributed by atoms with Crippen molar-refractivity contribution in [1.82, 2.24) is 19.9 Å². The number of piperidine rings is 1. The fourth-order valence-corrected chi connectivity index (χ4v) is 3.81. The zero-order chi connectivity index (χ0) is 17.3. The fourth-order valence-electron chi connectivity index (χ4n) is 3.81. The highest BCUT2D eigenvalue weighted by atomic mass is 16.5. The number of hydrogen-bond donors (Lipinski definition) is 0. The molecule has 1 aromatic rings. The van der Waals surface area contributed by atoms with Crippen LogP contribution in [-0.4, -0.2) is 78.4 Å². The summed E-state index contributed by atoms with van der Waals surface area (Å²) in [4.78, 5) is 18.3. The van der Waals surface area contributed by atoms with Gasteiger partial charge >= 0.3 is 6.03 Å². The number of carbonyl (C=O) groups excluding carboxylic acids is 1. The first-order valence-corrected chi connectivity index (χ1v) is 8.64. The van der Waals surface area contributed by atoms with Crippen LogP contribution in [0.15, 0.2) is 4.52 Å². The van der Waals surface area contributed by atoms with Gasteiger partial charge in [0.1, 0.15) is 5.76 Å². The van der Waals surface area contributed by atoms with E-state index in [9.17, 15) is 4.79 Å². The van der Waals surface area contributed by atoms with Gasteiger partial charge < -0.3 is 19.1 Å². The molecule has 0 aromatic carbocycles. The van der Waals surface area contributed by atoms with E-state index in [2.05, 4.69) is 10.1 Å². The highest BCUT2D eigenvalue weighted by Crippen LogP contribution is 2.30. The molecule has 1 unspecified atom stereocenters. The molecule has 0 saturated carbocycles. The molecule has 7 nitrogen and oxygen atoms in total. The number of aromatic nitrogens is 1. The number of urea groups is 1. The minimum atomic E-state index is -0.249. The van der Waals surface area contributed by atoms with Gasteiger partial charge in [-0.2, -0.15) is 0 Å². The molecular weight excluding hydrogens is 308 g/mol. The molecule has 3 rings (SSSR count). The van der Waals surface area contributed by atoms with Crippen molar-refractivity contribution in [3.05, 3.63) is 17.0 Å². The SMILES string of the molecule is Cc1noc(C)c1CN1CCCC2(C1)CN(C(=O)N(C)C)CCO2. The number of ether oxygens (including phenoxy) is 1. The van der Waals surface area contributed by atoms with Crippen LogP contribution < -0.4 is 0 Å². The number of morpholine rings is 1. The Morgan fingerprint density at radius 2 is 2.08 bits per heavy atom. The van der Waals surface area contributed by atoms with E-state index in [4.69, 9.17) is 9.26 Å². The Labute approximate surface area is 143 Å². The van der Waals surface area contributed by atoms with Crippen LogP contribution in [0.2, 0.25) is 0 Å². The van der Waals surface area contributed by atoms with E-state index in [1.54, 1.807) is 19.0 Å². The summed E-state index contributed by atoms with van der Waals surface area (Å²) in [5.41, 5.74) is 1.88. The molecule has 2 amide bonds. The maximum atomic E-state index is 12.3. The van der Waals surface area contributed by atoms with Crippen molar-refractivity contribution in [2.24, 2.45) is 0 Å². The lowest BCUT2D eigenvalue weighted by Crippen LogP contribution is -2.61. The van der Waals surface area contributed by atoms with E-state index in [0.717, 1.165) is 43.9 Å². The smallest absolute Gasteiger partial charge is 0.319 e. The Hall–Kier alpha value is -1.60. The molecule has 7 heteroatoms. The van der Waals surface area contributed by atoms with Crippen LogP contribution in [0.3, 0.4) is 0 Å². The molecule has 24 heavy (non-hydrogen) atoms. The standard InChI is InChI=1S/C17H28N4O3/c1-13-15(14(2)24-18-13)10-20-7-5-6-17(11-20)12-21(8-9-23-17)16(22)19(3)4/h5-12H2,1-4H3. The minimum Gasteiger partial charge on any atom is -0.370 e. The minimum absolute atomic E-state index is 0.0699. The zero-order valence-corrected chi connectivity index (χ0v) is 15.2. The summed E-state index contributed by atoms with van der Waals surface area (Å²) in [7, 11) is 3.60. The lowest BCUT2D eigenvalue weighted by molar-refractivity contribution is -0.133. The Morgan fingerprint density at radius 1 is 1.29 bits per heavy atom. The third kappa shape index (κ3) is 3.42. The van der Waals surface area contributed by atoms with Gasteiger partial charge in [0.25, 0.3) is 0 Å². The van der Waals surface area contributed by atoms with Crippen LogP contribution in [0, 0.1) is 13.8 Å². The molecule has 0 N–H and O–H groups in total. The Balaban J connectivity index is 1.69. The van der Waals surface area contributed by atoms with Crippen molar-refractivity contribution in [2.75, 3.05) is 46.9 Å². The summed E-state index contributed by atoms with van der Waals surface area (Å²) >= 11 is 0. The number of carbonyl (C=O) groups is 1. The van der Waals surface area contributed by atoms with Gasteiger partial charge in [0.05, 0.1) is 24.4 Å². The second-order valence-corrected chi connectivity index (χ2v) is 7.25. The Morgan fingerprint density at radius 3 is 2.75 bits per heavy atom. The van der Waals surface area contributed by atoms with E-state index in [1.165, 1.54) is 5.56 Å². The summed E-state index contributed by atoms with van der Waals surface area (Å²) in [6.07, 6.45) is 2.08. The van der Waals surface area contributed by atoms with Crippen LogP contribution in [0.5, 0.6) is 0 Å². The Kier molecular flexibility index (Phi) is 4.83. The number of rotatable bonds is 2. The average molecular weight is 336 g/mol. The van der Waals surface area contributed by atoms with Gasteiger partial charge in [-0.25, -0.2) is 4.79 Å². The number of aryl methyl sites for hydroxylation is 2. The van der Waals surface area contributed by atoms with Crippen LogP contribution in [0.25, 0.3) is 0 Å². The van der Waals surface area contributed by atoms with Gasteiger partial charge in [-0.15, -0.1) is 0 Å². The summed E-state index contributed by atoms with van der Waals surface area (Å²) in [5.74, 6) is 0.890. The molecule has 0 aliphatic carbocycles. The molecule has 2 saturated heterocycles. The van der Waals surface area contributed by atoms with E-state index in [-0.39, 0.29) is 11.6 Å². The summed E-state index contributed by atoms with van der Waals surface area (Å²) in [5, 5.41) is 4.05. The summed E-state index contributed by atoms with van der Waals surface area (Å²) in [6.45, 7) is 8.60. The monoisotopic (exact) mass is 336 g/mol. The highest BCUT2D eigenvalue weighted by molar-refractivity contribution is 5.74. The molecule has 2 aliphatic heterocycles. The molecule has 1 aromatic heterocycles. The van der Waals surface area contributed by atoms with E-state index < -0.39 is 0 Å². The van der Waals surface area contributed by atoms with E-state index in [0.29, 0.717) is 19.7 Å². The van der Waals surface area contributed by atoms with Gasteiger partial charge in [0.2, 0.25) is 0 Å². The van der Waals surface area contributed by atoms with Gasteiger partial charge in [-0.1, -0.05) is 5.16 Å². The van der Waals surface area contributed by atoms with E-state index in [1.807, 2.05) is 18.7 Å². The second-order valence-electron chi connectivity index (χ2n) is 7.25. The number of nitrogens with zero attached hydrogens (tertiary/aromatic N) is 4. The lowest BCUT2D eigenvalue weighted by atomic mass is 9.90. The number of hydrogen-bond acceptors (Lipinski definition) is 5. The predicted molar refractivity (Wildman–Crippen MR) is 89.8 cm³/mol. The van der Waals surface area contributed by atoms with Crippen molar-refractivity contribution in [2.45, 2.75) is 38.8 Å². The predicted octanol–water partition coefficient (Wildman–Crippen LogP) is 1.64. The van der Waals surface area contributed by atoms with Crippen molar-refractivity contribution in [1.29, 1.82) is 0 Å². The largest absolute Gasteiger partial charge is 0.370 e. The maximum absolute atomic E-state index is 12.3. The molecule has 2 aliphatic rings. The van der Waals surface area contributed by atoms with E-state index >= 15 is 0 Å². The molecule has 0 radical (unpaired) electrons. The highest BCUT2D eigenvalue weighted by Gasteiger charge is 2.42. The molecular formula is C17H28N4O3. The van der Waals surface area contributed by atoms with Gasteiger partial charge in [0.15, 0.2) is 0 Å². The molecule has 3 heterocycles. The second kappa shape index (κ2) is 6.72. The quantitative estimate of drug-likeness (QED) is 0.822. The van der Waals surface area contributed by atoms with Crippen molar-refractivity contribution in [3.8, 4) is 0 Å². The third-order valence-corrected chi connectivity index (χ3v) is 5.08. The maximum Gasteiger partial charge on any atom is 0.319 e. The fraction of sp³-hybridized carbons (Fsp3) is 0.765. The van der Waals surface area contributed by atoms with Crippen LogP contribution >= 0.6 is 0 Å². The first kappa shape index (κ1) is 17.2. The average Bonchev–Trinajstić information content (AvgIpc) is 2.86. The topological polar surface area (TPSA) is 62.1 Å². The first-order valence-electron chi connectivity index (χ1n) is 8.64. The first-order chi connectivity index (χ1) is 11.4. The molecule has 134 valence electrons.